The van der Waals surface area contributed by atoms with E-state index in [1.165, 1.54) is 10.9 Å². The van der Waals surface area contributed by atoms with E-state index in [-0.39, 0.29) is 11.4 Å². The fourth-order valence-corrected chi connectivity index (χ4v) is 2.45. The normalized spacial score (nSPS) is 10.4. The van der Waals surface area contributed by atoms with Gasteiger partial charge in [-0.15, -0.1) is 11.3 Å². The Morgan fingerprint density at radius 2 is 2.25 bits per heavy atom. The van der Waals surface area contributed by atoms with Gasteiger partial charge >= 0.3 is 0 Å². The lowest BCUT2D eigenvalue weighted by Gasteiger charge is -2.06. The molecule has 7 heteroatoms. The minimum atomic E-state index is -0.468. The van der Waals surface area contributed by atoms with Gasteiger partial charge in [0, 0.05) is 17.4 Å². The summed E-state index contributed by atoms with van der Waals surface area (Å²) in [4.78, 5) is 11.7. The molecule has 1 aromatic carbocycles. The van der Waals surface area contributed by atoms with Crippen molar-refractivity contribution in [2.75, 3.05) is 12.0 Å². The number of rotatable bonds is 7. The Kier molecular flexibility index (Phi) is 5.05. The molecular formula is C13H15N3O3S. The lowest BCUT2D eigenvalue weighted by molar-refractivity contribution is -0.384. The van der Waals surface area contributed by atoms with Crippen molar-refractivity contribution in [3.8, 4) is 0 Å². The summed E-state index contributed by atoms with van der Waals surface area (Å²) < 4.78 is 5.53. The molecule has 0 aliphatic carbocycles. The first-order valence-corrected chi connectivity index (χ1v) is 6.92. The van der Waals surface area contributed by atoms with Gasteiger partial charge in [-0.05, 0) is 23.1 Å². The summed E-state index contributed by atoms with van der Waals surface area (Å²) in [6.45, 7) is 0.933. The Morgan fingerprint density at radius 3 is 2.90 bits per heavy atom. The molecule has 0 spiro atoms. The number of nitro benzene ring substituents is 1. The van der Waals surface area contributed by atoms with E-state index in [1.54, 1.807) is 23.5 Å². The molecule has 6 nitrogen and oxygen atoms in total. The van der Waals surface area contributed by atoms with Crippen molar-refractivity contribution in [2.24, 2.45) is 5.84 Å². The summed E-state index contributed by atoms with van der Waals surface area (Å²) in [6, 6.07) is 8.87. The van der Waals surface area contributed by atoms with E-state index in [4.69, 9.17) is 10.6 Å². The van der Waals surface area contributed by atoms with Crippen molar-refractivity contribution in [3.63, 3.8) is 0 Å². The minimum Gasteiger partial charge on any atom is -0.376 e. The first-order chi connectivity index (χ1) is 9.70. The van der Waals surface area contributed by atoms with Gasteiger partial charge in [0.2, 0.25) is 0 Å². The van der Waals surface area contributed by atoms with Crippen molar-refractivity contribution in [3.05, 3.63) is 56.3 Å². The van der Waals surface area contributed by atoms with Crippen LogP contribution < -0.4 is 11.3 Å². The number of nitrogen functional groups attached to an aromatic ring is 1. The number of hydrazine groups is 1. The first-order valence-electron chi connectivity index (χ1n) is 6.05. The van der Waals surface area contributed by atoms with Crippen LogP contribution in [0.5, 0.6) is 0 Å². The molecule has 20 heavy (non-hydrogen) atoms. The standard InChI is InChI=1S/C13H15N3O3S/c14-15-12-4-3-10(8-13(12)16(17)18)9-19-6-5-11-2-1-7-20-11/h1-4,7-8,15H,5-6,9,14H2. The van der Waals surface area contributed by atoms with Gasteiger partial charge in [0.05, 0.1) is 18.1 Å². The summed E-state index contributed by atoms with van der Waals surface area (Å²) in [6.07, 6.45) is 0.849. The lowest BCUT2D eigenvalue weighted by atomic mass is 10.2. The summed E-state index contributed by atoms with van der Waals surface area (Å²) in [5.74, 6) is 5.23. The highest BCUT2D eigenvalue weighted by molar-refractivity contribution is 7.09. The molecule has 0 amide bonds. The SMILES string of the molecule is NNc1ccc(COCCc2cccs2)cc1[N+](=O)[O-]. The van der Waals surface area contributed by atoms with Gasteiger partial charge in [0.1, 0.15) is 5.69 Å². The molecule has 0 saturated carbocycles. The maximum Gasteiger partial charge on any atom is 0.294 e. The maximum absolute atomic E-state index is 10.9. The van der Waals surface area contributed by atoms with Crippen molar-refractivity contribution in [1.82, 2.24) is 0 Å². The number of ether oxygens (including phenoxy) is 1. The molecule has 0 bridgehead atoms. The third kappa shape index (κ3) is 3.77. The van der Waals surface area contributed by atoms with Crippen molar-refractivity contribution >= 4 is 22.7 Å². The van der Waals surface area contributed by atoms with E-state index in [0.29, 0.717) is 13.2 Å². The van der Waals surface area contributed by atoms with E-state index in [2.05, 4.69) is 11.5 Å². The Hall–Kier alpha value is -1.96. The van der Waals surface area contributed by atoms with E-state index in [1.807, 2.05) is 11.4 Å². The zero-order chi connectivity index (χ0) is 14.4. The number of nitrogens with zero attached hydrogens (tertiary/aromatic N) is 1. The van der Waals surface area contributed by atoms with Crippen LogP contribution in [0, 0.1) is 10.1 Å². The molecule has 0 aliphatic heterocycles. The molecular weight excluding hydrogens is 278 g/mol. The number of nitrogens with two attached hydrogens (primary N) is 1. The van der Waals surface area contributed by atoms with E-state index in [9.17, 15) is 10.1 Å². The van der Waals surface area contributed by atoms with Gasteiger partial charge in [-0.2, -0.15) is 0 Å². The molecule has 1 heterocycles. The summed E-state index contributed by atoms with van der Waals surface area (Å²) in [5.41, 5.74) is 3.30. The highest BCUT2D eigenvalue weighted by atomic mass is 32.1. The average Bonchev–Trinajstić information content (AvgIpc) is 2.96. The maximum atomic E-state index is 10.9. The molecule has 2 aromatic rings. The molecule has 0 unspecified atom stereocenters. The number of benzene rings is 1. The van der Waals surface area contributed by atoms with E-state index >= 15 is 0 Å². The molecule has 0 fully saturated rings. The summed E-state index contributed by atoms with van der Waals surface area (Å²) in [7, 11) is 0. The van der Waals surface area contributed by atoms with Crippen molar-refractivity contribution in [1.29, 1.82) is 0 Å². The molecule has 106 valence electrons. The first kappa shape index (κ1) is 14.4. The van der Waals surface area contributed by atoms with Gasteiger partial charge in [-0.1, -0.05) is 12.1 Å². The van der Waals surface area contributed by atoms with Crippen LogP contribution in [0.4, 0.5) is 11.4 Å². The number of anilines is 1. The van der Waals surface area contributed by atoms with Crippen LogP contribution in [0.3, 0.4) is 0 Å². The van der Waals surface area contributed by atoms with Crippen molar-refractivity contribution < 1.29 is 9.66 Å². The zero-order valence-corrected chi connectivity index (χ0v) is 11.6. The Balaban J connectivity index is 1.89. The largest absolute Gasteiger partial charge is 0.376 e. The third-order valence-electron chi connectivity index (χ3n) is 2.76. The summed E-state index contributed by atoms with van der Waals surface area (Å²) >= 11 is 1.69. The lowest BCUT2D eigenvalue weighted by Crippen LogP contribution is -2.09. The average molecular weight is 293 g/mol. The van der Waals surface area contributed by atoms with E-state index in [0.717, 1.165) is 12.0 Å². The van der Waals surface area contributed by atoms with Crippen LogP contribution in [0.25, 0.3) is 0 Å². The number of hydrogen-bond donors (Lipinski definition) is 2. The molecule has 3 N–H and O–H groups in total. The van der Waals surface area contributed by atoms with E-state index < -0.39 is 4.92 Å². The van der Waals surface area contributed by atoms with Gasteiger partial charge in [-0.3, -0.25) is 16.0 Å². The molecule has 0 radical (unpaired) electrons. The minimum absolute atomic E-state index is 0.0492. The number of thiophene rings is 1. The molecule has 2 rings (SSSR count). The van der Waals surface area contributed by atoms with Gasteiger partial charge in [-0.25, -0.2) is 0 Å². The van der Waals surface area contributed by atoms with Crippen LogP contribution in [-0.2, 0) is 17.8 Å². The van der Waals surface area contributed by atoms with Crippen molar-refractivity contribution in [2.45, 2.75) is 13.0 Å². The fraction of sp³-hybridized carbons (Fsp3) is 0.231. The smallest absolute Gasteiger partial charge is 0.294 e. The third-order valence-corrected chi connectivity index (χ3v) is 3.69. The second-order valence-electron chi connectivity index (χ2n) is 4.13. The Bertz CT molecular complexity index is 572. The molecule has 1 aromatic heterocycles. The van der Waals surface area contributed by atoms with Crippen LogP contribution >= 0.6 is 11.3 Å². The molecule has 0 aliphatic rings. The quantitative estimate of drug-likeness (QED) is 0.354. The number of nitro groups is 1. The highest BCUT2D eigenvalue weighted by Gasteiger charge is 2.13. The molecule has 0 saturated heterocycles. The topological polar surface area (TPSA) is 90.4 Å². The highest BCUT2D eigenvalue weighted by Crippen LogP contribution is 2.24. The number of hydrogen-bond acceptors (Lipinski definition) is 6. The predicted octanol–water partition coefficient (Wildman–Crippen LogP) is 2.70. The summed E-state index contributed by atoms with van der Waals surface area (Å²) in [5, 5.41) is 12.9. The fourth-order valence-electron chi connectivity index (χ4n) is 1.76. The van der Waals surface area contributed by atoms with Gasteiger partial charge in [0.25, 0.3) is 5.69 Å². The number of nitrogens with one attached hydrogen (secondary N) is 1. The Morgan fingerprint density at radius 1 is 1.40 bits per heavy atom. The van der Waals surface area contributed by atoms with Crippen LogP contribution in [0.15, 0.2) is 35.7 Å². The van der Waals surface area contributed by atoms with Gasteiger partial charge < -0.3 is 10.2 Å². The Labute approximate surface area is 120 Å². The second-order valence-corrected chi connectivity index (χ2v) is 5.17. The zero-order valence-electron chi connectivity index (χ0n) is 10.7. The monoisotopic (exact) mass is 293 g/mol. The second kappa shape index (κ2) is 6.99. The predicted molar refractivity (Wildman–Crippen MR) is 78.6 cm³/mol. The molecule has 0 atom stereocenters. The van der Waals surface area contributed by atoms with Crippen LogP contribution in [0.1, 0.15) is 10.4 Å². The van der Waals surface area contributed by atoms with Crippen LogP contribution in [0.2, 0.25) is 0 Å². The van der Waals surface area contributed by atoms with Crippen LogP contribution in [-0.4, -0.2) is 11.5 Å². The van der Waals surface area contributed by atoms with Gasteiger partial charge in [0.15, 0.2) is 0 Å².